The van der Waals surface area contributed by atoms with Crippen LogP contribution in [0.15, 0.2) is 194 Å². The van der Waals surface area contributed by atoms with Gasteiger partial charge < -0.3 is 20.0 Å². The van der Waals surface area contributed by atoms with Crippen molar-refractivity contribution in [2.24, 2.45) is 0 Å². The Morgan fingerprint density at radius 2 is 0.859 bits per heavy atom. The molecule has 9 aromatic rings. The molecule has 0 saturated heterocycles. The summed E-state index contributed by atoms with van der Waals surface area (Å²) < 4.78 is 5.40. The first-order valence-corrected chi connectivity index (χ1v) is 20.8. The minimum Gasteiger partial charge on any atom is -0.497 e. The minimum absolute atomic E-state index is 0. The van der Waals surface area contributed by atoms with Crippen LogP contribution in [0.3, 0.4) is 0 Å². The topological polar surface area (TPSA) is 75.4 Å². The maximum Gasteiger partial charge on any atom is 0.202 e. The van der Waals surface area contributed by atoms with E-state index in [0.29, 0.717) is 11.3 Å². The number of hydrogen-bond acceptors (Lipinski definition) is 4. The van der Waals surface area contributed by atoms with E-state index in [0.717, 1.165) is 83.7 Å². The zero-order valence-corrected chi connectivity index (χ0v) is 35.5. The Morgan fingerprint density at radius 3 is 1.31 bits per heavy atom. The fraction of sp³-hybridized carbons (Fsp3) is 0.0345. The predicted molar refractivity (Wildman–Crippen MR) is 267 cm³/mol. The third kappa shape index (κ3) is 8.73. The zero-order valence-electron chi connectivity index (χ0n) is 35.5. The first kappa shape index (κ1) is 42.0. The van der Waals surface area contributed by atoms with Gasteiger partial charge in [0.15, 0.2) is 0 Å². The van der Waals surface area contributed by atoms with Crippen LogP contribution in [0.1, 0.15) is 33.4 Å². The van der Waals surface area contributed by atoms with Crippen LogP contribution in [0.4, 0.5) is 39.8 Å². The molecule has 0 aromatic heterocycles. The standard InChI is InChI=1S/C58H42N4O.H2O/c1-41-14-26-48(27-15-41)61(46-10-6-4-7-11-46)49-28-20-43(21-29-49)17-19-45-24-36-53-56(39-45)58(60-2)54-37-25-44(38-55(54)57(53)40-59)18-16-42-22-30-50(31-23-42)62(47-12-8-5-9-13-47)51-32-34-52(63-3)35-33-51;/h4-39H,1,3H3;1H2/b18-16-,19-17-;. The Labute approximate surface area is 374 Å². The third-order valence-corrected chi connectivity index (χ3v) is 11.3. The second-order valence-corrected chi connectivity index (χ2v) is 15.3. The van der Waals surface area contributed by atoms with E-state index < -0.39 is 0 Å². The Bertz CT molecular complexity index is 3200. The Hall–Kier alpha value is -8.68. The van der Waals surface area contributed by atoms with Gasteiger partial charge in [-0.05, 0) is 142 Å². The van der Waals surface area contributed by atoms with Crippen LogP contribution in [-0.2, 0) is 0 Å². The van der Waals surface area contributed by atoms with E-state index in [1.807, 2.05) is 72.8 Å². The fourth-order valence-electron chi connectivity index (χ4n) is 8.02. The first-order valence-electron chi connectivity index (χ1n) is 20.8. The average Bonchev–Trinajstić information content (AvgIpc) is 3.34. The number of nitriles is 1. The maximum absolute atomic E-state index is 10.5. The lowest BCUT2D eigenvalue weighted by atomic mass is 9.93. The van der Waals surface area contributed by atoms with Crippen molar-refractivity contribution < 1.29 is 10.2 Å². The second kappa shape index (κ2) is 18.9. The molecular weight excluding hydrogens is 785 g/mol. The van der Waals surface area contributed by atoms with Gasteiger partial charge in [0, 0.05) is 34.1 Å². The molecule has 308 valence electrons. The third-order valence-electron chi connectivity index (χ3n) is 11.3. The van der Waals surface area contributed by atoms with Crippen LogP contribution in [-0.4, -0.2) is 12.6 Å². The number of fused-ring (bicyclic) bond motifs is 2. The van der Waals surface area contributed by atoms with Gasteiger partial charge in [-0.2, -0.15) is 5.26 Å². The van der Waals surface area contributed by atoms with Gasteiger partial charge >= 0.3 is 0 Å². The molecule has 9 aromatic carbocycles. The number of nitrogens with zero attached hydrogens (tertiary/aromatic N) is 4. The molecule has 0 aliphatic rings. The fourth-order valence-corrected chi connectivity index (χ4v) is 8.02. The van der Waals surface area contributed by atoms with E-state index >= 15 is 0 Å². The summed E-state index contributed by atoms with van der Waals surface area (Å²) in [6.07, 6.45) is 8.27. The molecule has 0 radical (unpaired) electrons. The number of methoxy groups -OCH3 is 1. The lowest BCUT2D eigenvalue weighted by Crippen LogP contribution is -2.09. The SMILES string of the molecule is O.[C-]#[N+]c1c2ccc(/C=C\c3ccc(N(c4ccccc4)c4ccc(OC)cc4)cc3)cc2c(C#N)c2ccc(/C=C\c3ccc(N(c4ccccc4)c4ccc(C)cc4)cc3)cc12. The van der Waals surface area contributed by atoms with Crippen molar-refractivity contribution in [1.82, 2.24) is 0 Å². The van der Waals surface area contributed by atoms with Crippen LogP contribution in [0.2, 0.25) is 0 Å². The van der Waals surface area contributed by atoms with Crippen LogP contribution in [0, 0.1) is 24.8 Å². The van der Waals surface area contributed by atoms with E-state index in [-0.39, 0.29) is 5.48 Å². The molecule has 2 N–H and O–H groups in total. The van der Waals surface area contributed by atoms with E-state index in [1.54, 1.807) is 7.11 Å². The van der Waals surface area contributed by atoms with Crippen molar-refractivity contribution in [3.63, 3.8) is 0 Å². The van der Waals surface area contributed by atoms with Gasteiger partial charge in [-0.1, -0.05) is 133 Å². The van der Waals surface area contributed by atoms with Gasteiger partial charge in [0.1, 0.15) is 11.8 Å². The van der Waals surface area contributed by atoms with Gasteiger partial charge in [0.05, 0.1) is 19.2 Å². The number of ether oxygens (including phenoxy) is 1. The summed E-state index contributed by atoms with van der Waals surface area (Å²) in [5.74, 6) is 0.808. The second-order valence-electron chi connectivity index (χ2n) is 15.3. The van der Waals surface area contributed by atoms with Gasteiger partial charge in [0.2, 0.25) is 5.69 Å². The van der Waals surface area contributed by atoms with Gasteiger partial charge in [0.25, 0.3) is 0 Å². The summed E-state index contributed by atoms with van der Waals surface area (Å²) in [5, 5.41) is 13.6. The van der Waals surface area contributed by atoms with Crippen molar-refractivity contribution in [2.75, 3.05) is 16.9 Å². The van der Waals surface area contributed by atoms with Gasteiger partial charge in [-0.25, -0.2) is 4.85 Å². The van der Waals surface area contributed by atoms with Crippen molar-refractivity contribution in [2.45, 2.75) is 6.92 Å². The molecule has 9 rings (SSSR count). The summed E-state index contributed by atoms with van der Waals surface area (Å²) in [5.41, 5.74) is 12.7. The van der Waals surface area contributed by atoms with Crippen molar-refractivity contribution in [3.05, 3.63) is 239 Å². The van der Waals surface area contributed by atoms with Crippen LogP contribution >= 0.6 is 0 Å². The number of hydrogen-bond donors (Lipinski definition) is 0. The molecule has 64 heavy (non-hydrogen) atoms. The molecule has 0 atom stereocenters. The molecule has 0 saturated carbocycles. The lowest BCUT2D eigenvalue weighted by Gasteiger charge is -2.25. The molecule has 0 heterocycles. The highest BCUT2D eigenvalue weighted by Crippen LogP contribution is 2.41. The lowest BCUT2D eigenvalue weighted by molar-refractivity contribution is 0.415. The van der Waals surface area contributed by atoms with Crippen molar-refractivity contribution in [1.29, 1.82) is 5.26 Å². The quantitative estimate of drug-likeness (QED) is 0.0739. The highest BCUT2D eigenvalue weighted by Gasteiger charge is 2.16. The summed E-state index contributed by atoms with van der Waals surface area (Å²) in [6.45, 7) is 10.4. The van der Waals surface area contributed by atoms with E-state index in [1.165, 1.54) is 5.56 Å². The summed E-state index contributed by atoms with van der Waals surface area (Å²) in [4.78, 5) is 8.49. The van der Waals surface area contributed by atoms with E-state index in [4.69, 9.17) is 11.3 Å². The molecule has 0 spiro atoms. The summed E-state index contributed by atoms with van der Waals surface area (Å²) in [7, 11) is 1.67. The highest BCUT2D eigenvalue weighted by atomic mass is 16.5. The Kier molecular flexibility index (Phi) is 12.4. The predicted octanol–water partition coefficient (Wildman–Crippen LogP) is 15.2. The maximum atomic E-state index is 10.5. The van der Waals surface area contributed by atoms with Crippen LogP contribution < -0.4 is 14.5 Å². The molecule has 0 bridgehead atoms. The number of para-hydroxylation sites is 2. The summed E-state index contributed by atoms with van der Waals surface area (Å²) in [6, 6.07) is 68.7. The molecule has 0 fully saturated rings. The number of rotatable bonds is 11. The molecule has 6 nitrogen and oxygen atoms in total. The number of aryl methyl sites for hydroxylation is 1. The van der Waals surface area contributed by atoms with Crippen molar-refractivity contribution >= 4 is 85.7 Å². The largest absolute Gasteiger partial charge is 0.497 e. The smallest absolute Gasteiger partial charge is 0.202 e. The Balaban J connectivity index is 0.00000560. The summed E-state index contributed by atoms with van der Waals surface area (Å²) >= 11 is 0. The normalized spacial score (nSPS) is 11.0. The molecular formula is C58H44N4O2. The molecule has 0 aliphatic carbocycles. The minimum atomic E-state index is 0. The van der Waals surface area contributed by atoms with Crippen LogP contribution in [0.25, 0.3) is 50.7 Å². The van der Waals surface area contributed by atoms with Crippen molar-refractivity contribution in [3.8, 4) is 11.8 Å². The molecule has 0 unspecified atom stereocenters. The average molecular weight is 829 g/mol. The van der Waals surface area contributed by atoms with Crippen LogP contribution in [0.5, 0.6) is 5.75 Å². The highest BCUT2D eigenvalue weighted by molar-refractivity contribution is 6.16. The molecule has 0 amide bonds. The number of benzene rings is 9. The number of anilines is 6. The monoisotopic (exact) mass is 828 g/mol. The van der Waals surface area contributed by atoms with E-state index in [2.05, 4.69) is 173 Å². The first-order chi connectivity index (χ1) is 31.0. The molecule has 0 aliphatic heterocycles. The van der Waals surface area contributed by atoms with Gasteiger partial charge in [-0.15, -0.1) is 0 Å². The van der Waals surface area contributed by atoms with Gasteiger partial charge in [-0.3, -0.25) is 0 Å². The zero-order chi connectivity index (χ0) is 43.1. The van der Waals surface area contributed by atoms with E-state index in [9.17, 15) is 5.26 Å². The molecule has 6 heteroatoms. The Morgan fingerprint density at radius 1 is 0.469 bits per heavy atom.